The summed E-state index contributed by atoms with van der Waals surface area (Å²) in [4.78, 5) is 42.8. The van der Waals surface area contributed by atoms with Gasteiger partial charge in [-0.1, -0.05) is 128 Å². The van der Waals surface area contributed by atoms with E-state index >= 15 is 0 Å². The predicted octanol–water partition coefficient (Wildman–Crippen LogP) is 10.6. The Kier molecular flexibility index (Phi) is 29.0. The number of allylic oxidation sites excluding steroid dienone is 3. The van der Waals surface area contributed by atoms with Crippen molar-refractivity contribution < 1.29 is 42.7 Å². The topological polar surface area (TPSA) is 132 Å². The first-order valence-corrected chi connectivity index (χ1v) is 21.3. The van der Waals surface area contributed by atoms with Gasteiger partial charge in [0.1, 0.15) is 6.61 Å². The summed E-state index contributed by atoms with van der Waals surface area (Å²) in [6.45, 7) is 3.62. The molecular formula is C39H71O9P. The zero-order chi connectivity index (χ0) is 35.8. The van der Waals surface area contributed by atoms with Crippen molar-refractivity contribution in [3.63, 3.8) is 0 Å². The van der Waals surface area contributed by atoms with E-state index in [-0.39, 0.29) is 19.4 Å². The monoisotopic (exact) mass is 714 g/mol. The van der Waals surface area contributed by atoms with Gasteiger partial charge in [0, 0.05) is 12.8 Å². The fourth-order valence-electron chi connectivity index (χ4n) is 5.79. The molecule has 0 aromatic heterocycles. The number of unbranched alkanes of at least 4 members (excludes halogenated alkanes) is 18. The standard InChI is InChI=1S/C39H71O9P/c1-3-5-7-9-11-12-13-14-15-16-17-18-19-23-27-31-38(40)45-33-35(34-46-49(42,43)44)47-39(41)32-28-24-20-22-26-30-37-36(48-37)29-25-21-10-8-6-4-2/h14-15,21,25,35-37H,3-13,16-20,22-24,26-34H2,1-2H3,(H2,42,43,44)/b15-14-,25-21-/t35-,36?,37?/m1/s1. The van der Waals surface area contributed by atoms with Crippen LogP contribution in [-0.4, -0.2) is 53.3 Å². The van der Waals surface area contributed by atoms with Gasteiger partial charge in [0.2, 0.25) is 0 Å². The Labute approximate surface area is 298 Å². The van der Waals surface area contributed by atoms with E-state index in [0.717, 1.165) is 77.0 Å². The predicted molar refractivity (Wildman–Crippen MR) is 197 cm³/mol. The molecule has 286 valence electrons. The fourth-order valence-corrected chi connectivity index (χ4v) is 6.15. The van der Waals surface area contributed by atoms with Crippen LogP contribution in [0.2, 0.25) is 0 Å². The number of carbonyl (C=O) groups excluding carboxylic acids is 2. The number of hydrogen-bond donors (Lipinski definition) is 2. The summed E-state index contributed by atoms with van der Waals surface area (Å²) < 4.78 is 32.1. The Bertz CT molecular complexity index is 916. The van der Waals surface area contributed by atoms with Crippen molar-refractivity contribution >= 4 is 19.8 Å². The summed E-state index contributed by atoms with van der Waals surface area (Å²) in [6.07, 6.45) is 36.3. The van der Waals surface area contributed by atoms with E-state index < -0.39 is 32.5 Å². The number of ether oxygens (including phenoxy) is 3. The van der Waals surface area contributed by atoms with E-state index in [1.165, 1.54) is 64.2 Å². The maximum Gasteiger partial charge on any atom is 0.469 e. The number of carbonyl (C=O) groups is 2. The van der Waals surface area contributed by atoms with Crippen LogP contribution in [-0.2, 0) is 32.9 Å². The van der Waals surface area contributed by atoms with Crippen molar-refractivity contribution in [2.45, 2.75) is 199 Å². The molecule has 1 heterocycles. The van der Waals surface area contributed by atoms with Crippen LogP contribution in [0.1, 0.15) is 181 Å². The van der Waals surface area contributed by atoms with Gasteiger partial charge in [-0.05, 0) is 64.2 Å². The minimum Gasteiger partial charge on any atom is -0.462 e. The first-order valence-electron chi connectivity index (χ1n) is 19.8. The van der Waals surface area contributed by atoms with E-state index in [2.05, 4.69) is 42.7 Å². The van der Waals surface area contributed by atoms with Gasteiger partial charge in [-0.15, -0.1) is 0 Å². The molecule has 1 fully saturated rings. The number of rotatable bonds is 35. The first kappa shape index (κ1) is 45.5. The molecule has 0 bridgehead atoms. The third kappa shape index (κ3) is 31.0. The third-order valence-electron chi connectivity index (χ3n) is 8.87. The van der Waals surface area contributed by atoms with Crippen LogP contribution in [0.15, 0.2) is 24.3 Å². The zero-order valence-electron chi connectivity index (χ0n) is 31.0. The Morgan fingerprint density at radius 2 is 1.12 bits per heavy atom. The molecule has 1 aliphatic rings. The molecule has 0 radical (unpaired) electrons. The average molecular weight is 715 g/mol. The molecule has 3 atom stereocenters. The Hall–Kier alpha value is -1.51. The molecule has 0 aromatic rings. The molecule has 0 saturated carbocycles. The third-order valence-corrected chi connectivity index (χ3v) is 9.35. The second-order valence-corrected chi connectivity index (χ2v) is 14.9. The highest BCUT2D eigenvalue weighted by Gasteiger charge is 2.36. The molecule has 2 N–H and O–H groups in total. The fraction of sp³-hybridized carbons (Fsp3) is 0.846. The lowest BCUT2D eigenvalue weighted by molar-refractivity contribution is -0.161. The number of epoxide rings is 1. The molecule has 49 heavy (non-hydrogen) atoms. The van der Waals surface area contributed by atoms with Crippen molar-refractivity contribution in [3.8, 4) is 0 Å². The van der Waals surface area contributed by atoms with E-state index in [4.69, 9.17) is 24.0 Å². The van der Waals surface area contributed by atoms with Crippen molar-refractivity contribution in [1.29, 1.82) is 0 Å². The number of phosphoric ester groups is 1. The summed E-state index contributed by atoms with van der Waals surface area (Å²) >= 11 is 0. The summed E-state index contributed by atoms with van der Waals surface area (Å²) in [5, 5.41) is 0. The van der Waals surface area contributed by atoms with Gasteiger partial charge in [-0.2, -0.15) is 0 Å². The molecule has 0 amide bonds. The van der Waals surface area contributed by atoms with Crippen LogP contribution in [0.4, 0.5) is 0 Å². The minimum atomic E-state index is -4.76. The maximum absolute atomic E-state index is 12.4. The molecule has 2 unspecified atom stereocenters. The van der Waals surface area contributed by atoms with E-state index in [0.29, 0.717) is 25.0 Å². The summed E-state index contributed by atoms with van der Waals surface area (Å²) in [7, 11) is -4.76. The smallest absolute Gasteiger partial charge is 0.462 e. The van der Waals surface area contributed by atoms with Gasteiger partial charge in [-0.3, -0.25) is 14.1 Å². The lowest BCUT2D eigenvalue weighted by Crippen LogP contribution is -2.29. The molecule has 0 spiro atoms. The van der Waals surface area contributed by atoms with Crippen molar-refractivity contribution in [2.24, 2.45) is 0 Å². The maximum atomic E-state index is 12.4. The molecule has 10 heteroatoms. The SMILES string of the molecule is CCCCC/C=C\CC1OC1CCCCCCCC(=O)O[C@H](COC(=O)CCCCCCC/C=C\CCCCCCCC)COP(=O)(O)O. The van der Waals surface area contributed by atoms with E-state index in [9.17, 15) is 14.2 Å². The lowest BCUT2D eigenvalue weighted by Gasteiger charge is -2.18. The Morgan fingerprint density at radius 3 is 1.73 bits per heavy atom. The number of hydrogen-bond acceptors (Lipinski definition) is 7. The van der Waals surface area contributed by atoms with Gasteiger partial charge >= 0.3 is 19.8 Å². The van der Waals surface area contributed by atoms with Crippen molar-refractivity contribution in [2.75, 3.05) is 13.2 Å². The van der Waals surface area contributed by atoms with Crippen LogP contribution >= 0.6 is 7.82 Å². The largest absolute Gasteiger partial charge is 0.469 e. The summed E-state index contributed by atoms with van der Waals surface area (Å²) in [5.41, 5.74) is 0. The van der Waals surface area contributed by atoms with Gasteiger partial charge < -0.3 is 24.0 Å². The lowest BCUT2D eigenvalue weighted by atomic mass is 10.1. The Balaban J connectivity index is 2.09. The van der Waals surface area contributed by atoms with Crippen LogP contribution in [0.25, 0.3) is 0 Å². The van der Waals surface area contributed by atoms with E-state index in [1.807, 2.05) is 0 Å². The van der Waals surface area contributed by atoms with Crippen LogP contribution in [0, 0.1) is 0 Å². The molecule has 1 aliphatic heterocycles. The van der Waals surface area contributed by atoms with Crippen LogP contribution in [0.5, 0.6) is 0 Å². The van der Waals surface area contributed by atoms with Crippen LogP contribution < -0.4 is 0 Å². The second-order valence-electron chi connectivity index (χ2n) is 13.6. The normalized spacial score (nSPS) is 16.8. The van der Waals surface area contributed by atoms with Gasteiger partial charge in [0.25, 0.3) is 0 Å². The highest BCUT2D eigenvalue weighted by Crippen LogP contribution is 2.36. The van der Waals surface area contributed by atoms with Crippen molar-refractivity contribution in [3.05, 3.63) is 24.3 Å². The molecule has 0 aliphatic carbocycles. The average Bonchev–Trinajstić information content (AvgIpc) is 3.82. The highest BCUT2D eigenvalue weighted by molar-refractivity contribution is 7.46. The van der Waals surface area contributed by atoms with Gasteiger partial charge in [0.15, 0.2) is 6.10 Å². The first-order chi connectivity index (χ1) is 23.7. The molecular weight excluding hydrogens is 643 g/mol. The molecule has 1 rings (SSSR count). The quantitative estimate of drug-likeness (QED) is 0.0216. The van der Waals surface area contributed by atoms with Crippen molar-refractivity contribution in [1.82, 2.24) is 0 Å². The minimum absolute atomic E-state index is 0.188. The summed E-state index contributed by atoms with van der Waals surface area (Å²) in [6, 6.07) is 0. The molecule has 9 nitrogen and oxygen atoms in total. The highest BCUT2D eigenvalue weighted by atomic mass is 31.2. The second kappa shape index (κ2) is 31.2. The molecule has 0 aromatic carbocycles. The summed E-state index contributed by atoms with van der Waals surface area (Å²) in [5.74, 6) is -0.916. The van der Waals surface area contributed by atoms with E-state index in [1.54, 1.807) is 0 Å². The van der Waals surface area contributed by atoms with Gasteiger partial charge in [0.05, 0.1) is 18.8 Å². The van der Waals surface area contributed by atoms with Gasteiger partial charge in [-0.25, -0.2) is 4.57 Å². The zero-order valence-corrected chi connectivity index (χ0v) is 31.9. The number of esters is 2. The number of phosphoric acid groups is 1. The van der Waals surface area contributed by atoms with Crippen LogP contribution in [0.3, 0.4) is 0 Å². The molecule has 1 saturated heterocycles. The Morgan fingerprint density at radius 1 is 0.633 bits per heavy atom.